The van der Waals surface area contributed by atoms with Crippen LogP contribution in [0.5, 0.6) is 0 Å². The van der Waals surface area contributed by atoms with E-state index in [4.69, 9.17) is 0 Å². The van der Waals surface area contributed by atoms with Crippen LogP contribution >= 0.6 is 0 Å². The average Bonchev–Trinajstić information content (AvgIpc) is 2.70. The van der Waals surface area contributed by atoms with Crippen molar-refractivity contribution in [2.24, 2.45) is 5.92 Å². The van der Waals surface area contributed by atoms with Gasteiger partial charge in [-0.3, -0.25) is 30.2 Å². The van der Waals surface area contributed by atoms with Gasteiger partial charge in [0.25, 0.3) is 17.7 Å². The Morgan fingerprint density at radius 3 is 2.27 bits per heavy atom. The van der Waals surface area contributed by atoms with Crippen LogP contribution < -0.4 is 16.2 Å². The van der Waals surface area contributed by atoms with Gasteiger partial charge in [-0.25, -0.2) is 0 Å². The molecule has 136 valence electrons. The molecule has 0 aliphatic carbocycles. The first kappa shape index (κ1) is 19.1. The highest BCUT2D eigenvalue weighted by molar-refractivity contribution is 5.99. The van der Waals surface area contributed by atoms with Crippen molar-refractivity contribution < 1.29 is 14.4 Å². The van der Waals surface area contributed by atoms with Crippen LogP contribution in [0, 0.1) is 5.92 Å². The fourth-order valence-electron chi connectivity index (χ4n) is 2.28. The Bertz CT molecular complexity index is 750. The summed E-state index contributed by atoms with van der Waals surface area (Å²) in [4.78, 5) is 40.7. The van der Waals surface area contributed by atoms with Gasteiger partial charge in [0.05, 0.1) is 5.56 Å². The first-order chi connectivity index (χ1) is 12.5. The van der Waals surface area contributed by atoms with Crippen LogP contribution in [0.15, 0.2) is 54.9 Å². The minimum atomic E-state index is -0.776. The molecular formula is C19H22N4O3. The maximum absolute atomic E-state index is 12.5. The number of hydrogen-bond donors (Lipinski definition) is 3. The zero-order chi connectivity index (χ0) is 18.9. The van der Waals surface area contributed by atoms with Crippen LogP contribution in [0.1, 0.15) is 41.0 Å². The molecule has 1 heterocycles. The Labute approximate surface area is 152 Å². The lowest BCUT2D eigenvalue weighted by molar-refractivity contribution is -0.124. The summed E-state index contributed by atoms with van der Waals surface area (Å²) >= 11 is 0. The highest BCUT2D eigenvalue weighted by Crippen LogP contribution is 2.09. The summed E-state index contributed by atoms with van der Waals surface area (Å²) in [6.45, 7) is 3.78. The maximum Gasteiger partial charge on any atom is 0.271 e. The van der Waals surface area contributed by atoms with Gasteiger partial charge in [-0.2, -0.15) is 0 Å². The second kappa shape index (κ2) is 9.31. The summed E-state index contributed by atoms with van der Waals surface area (Å²) in [5.74, 6) is -1.42. The normalized spacial score (nSPS) is 12.5. The van der Waals surface area contributed by atoms with Crippen LogP contribution in [-0.2, 0) is 4.79 Å². The Morgan fingerprint density at radius 2 is 1.65 bits per heavy atom. The molecule has 3 N–H and O–H groups in total. The van der Waals surface area contributed by atoms with E-state index in [1.54, 1.807) is 42.6 Å². The fraction of sp³-hybridized carbons (Fsp3) is 0.263. The molecule has 3 amide bonds. The number of amides is 3. The van der Waals surface area contributed by atoms with Crippen molar-refractivity contribution >= 4 is 17.7 Å². The van der Waals surface area contributed by atoms with E-state index in [9.17, 15) is 14.4 Å². The second-order valence-electron chi connectivity index (χ2n) is 5.89. The Kier molecular flexibility index (Phi) is 6.84. The van der Waals surface area contributed by atoms with Gasteiger partial charge in [-0.05, 0) is 30.2 Å². The lowest BCUT2D eigenvalue weighted by atomic mass is 9.98. The number of aromatic nitrogens is 1. The molecule has 2 aromatic rings. The van der Waals surface area contributed by atoms with Gasteiger partial charge in [0.15, 0.2) is 0 Å². The summed E-state index contributed by atoms with van der Waals surface area (Å²) in [7, 11) is 0. The summed E-state index contributed by atoms with van der Waals surface area (Å²) in [6.07, 6.45) is 3.63. The summed E-state index contributed by atoms with van der Waals surface area (Å²) in [5.41, 5.74) is 5.50. The van der Waals surface area contributed by atoms with Gasteiger partial charge in [-0.15, -0.1) is 0 Å². The largest absolute Gasteiger partial charge is 0.340 e. The summed E-state index contributed by atoms with van der Waals surface area (Å²) in [5, 5.41) is 2.73. The second-order valence-corrected chi connectivity index (χ2v) is 5.89. The quantitative estimate of drug-likeness (QED) is 0.687. The van der Waals surface area contributed by atoms with E-state index in [1.807, 2.05) is 19.9 Å². The topological polar surface area (TPSA) is 100 Å². The predicted molar refractivity (Wildman–Crippen MR) is 97.0 cm³/mol. The SMILES string of the molecule is CCC(C)C(NC(=O)c1ccccc1)C(=O)NNC(=O)c1cccnc1. The minimum absolute atomic E-state index is 0.113. The monoisotopic (exact) mass is 354 g/mol. The van der Waals surface area contributed by atoms with Gasteiger partial charge in [0.2, 0.25) is 0 Å². The van der Waals surface area contributed by atoms with Gasteiger partial charge in [0.1, 0.15) is 6.04 Å². The number of rotatable bonds is 6. The molecule has 7 heteroatoms. The van der Waals surface area contributed by atoms with Crippen molar-refractivity contribution in [1.82, 2.24) is 21.2 Å². The maximum atomic E-state index is 12.5. The number of carbonyl (C=O) groups excluding carboxylic acids is 3. The molecule has 0 radical (unpaired) electrons. The van der Waals surface area contributed by atoms with Gasteiger partial charge in [0, 0.05) is 18.0 Å². The average molecular weight is 354 g/mol. The fourth-order valence-corrected chi connectivity index (χ4v) is 2.28. The van der Waals surface area contributed by atoms with Gasteiger partial charge in [-0.1, -0.05) is 38.5 Å². The Morgan fingerprint density at radius 1 is 0.962 bits per heavy atom. The molecule has 7 nitrogen and oxygen atoms in total. The van der Waals surface area contributed by atoms with E-state index in [2.05, 4.69) is 21.2 Å². The molecule has 0 saturated heterocycles. The number of pyridine rings is 1. The van der Waals surface area contributed by atoms with E-state index in [-0.39, 0.29) is 11.8 Å². The Hall–Kier alpha value is -3.22. The standard InChI is InChI=1S/C19H22N4O3/c1-3-13(2)16(21-17(24)14-8-5-4-6-9-14)19(26)23-22-18(25)15-10-7-11-20-12-15/h4-13,16H,3H2,1-2H3,(H,21,24)(H,22,25)(H,23,26). The summed E-state index contributed by atoms with van der Waals surface area (Å²) < 4.78 is 0. The molecule has 2 atom stereocenters. The van der Waals surface area contributed by atoms with Crippen LogP contribution in [0.3, 0.4) is 0 Å². The zero-order valence-corrected chi connectivity index (χ0v) is 14.7. The third kappa shape index (κ3) is 5.14. The molecule has 26 heavy (non-hydrogen) atoms. The van der Waals surface area contributed by atoms with E-state index in [0.717, 1.165) is 0 Å². The van der Waals surface area contributed by atoms with Crippen molar-refractivity contribution in [2.45, 2.75) is 26.3 Å². The first-order valence-electron chi connectivity index (χ1n) is 8.39. The molecule has 1 aromatic carbocycles. The molecule has 2 rings (SSSR count). The molecule has 1 aromatic heterocycles. The van der Waals surface area contributed by atoms with E-state index in [1.165, 1.54) is 6.20 Å². The van der Waals surface area contributed by atoms with Crippen molar-refractivity contribution in [3.63, 3.8) is 0 Å². The van der Waals surface area contributed by atoms with Crippen molar-refractivity contribution in [1.29, 1.82) is 0 Å². The number of hydrogen-bond acceptors (Lipinski definition) is 4. The molecule has 0 fully saturated rings. The van der Waals surface area contributed by atoms with Crippen molar-refractivity contribution in [2.75, 3.05) is 0 Å². The lowest BCUT2D eigenvalue weighted by Crippen LogP contribution is -2.54. The number of carbonyl (C=O) groups is 3. The first-order valence-corrected chi connectivity index (χ1v) is 8.39. The smallest absolute Gasteiger partial charge is 0.271 e. The van der Waals surface area contributed by atoms with Crippen LogP contribution in [0.2, 0.25) is 0 Å². The van der Waals surface area contributed by atoms with Crippen LogP contribution in [-0.4, -0.2) is 28.7 Å². The third-order valence-corrected chi connectivity index (χ3v) is 4.04. The van der Waals surface area contributed by atoms with Crippen molar-refractivity contribution in [3.05, 3.63) is 66.0 Å². The van der Waals surface area contributed by atoms with Crippen LogP contribution in [0.25, 0.3) is 0 Å². The molecule has 0 saturated carbocycles. The number of hydrazine groups is 1. The minimum Gasteiger partial charge on any atom is -0.340 e. The van der Waals surface area contributed by atoms with Gasteiger partial charge < -0.3 is 5.32 Å². The van der Waals surface area contributed by atoms with E-state index >= 15 is 0 Å². The number of nitrogens with zero attached hydrogens (tertiary/aromatic N) is 1. The number of nitrogens with one attached hydrogen (secondary N) is 3. The van der Waals surface area contributed by atoms with E-state index in [0.29, 0.717) is 17.5 Å². The highest BCUT2D eigenvalue weighted by Gasteiger charge is 2.26. The van der Waals surface area contributed by atoms with Crippen LogP contribution in [0.4, 0.5) is 0 Å². The molecule has 2 unspecified atom stereocenters. The van der Waals surface area contributed by atoms with E-state index < -0.39 is 17.9 Å². The molecule has 0 aliphatic rings. The summed E-state index contributed by atoms with van der Waals surface area (Å²) in [6, 6.07) is 11.1. The molecule has 0 bridgehead atoms. The lowest BCUT2D eigenvalue weighted by Gasteiger charge is -2.23. The Balaban J connectivity index is 2.00. The van der Waals surface area contributed by atoms with Gasteiger partial charge >= 0.3 is 0 Å². The molecule has 0 spiro atoms. The van der Waals surface area contributed by atoms with Crippen molar-refractivity contribution in [3.8, 4) is 0 Å². The predicted octanol–water partition coefficient (Wildman–Crippen LogP) is 1.69. The third-order valence-electron chi connectivity index (χ3n) is 4.04. The number of benzene rings is 1. The molecular weight excluding hydrogens is 332 g/mol. The molecule has 0 aliphatic heterocycles. The zero-order valence-electron chi connectivity index (χ0n) is 14.7. The highest BCUT2D eigenvalue weighted by atomic mass is 16.2.